The van der Waals surface area contributed by atoms with Crippen LogP contribution in [0, 0.1) is 0 Å². The number of carbonyl (C=O) groups excluding carboxylic acids is 1. The number of piperazine rings is 1. The van der Waals surface area contributed by atoms with Crippen LogP contribution < -0.4 is 4.90 Å². The van der Waals surface area contributed by atoms with Crippen molar-refractivity contribution < 1.29 is 4.79 Å². The molecule has 3 aromatic rings. The van der Waals surface area contributed by atoms with Gasteiger partial charge >= 0.3 is 0 Å². The number of thioether (sulfide) groups is 1. The van der Waals surface area contributed by atoms with Gasteiger partial charge in [0.2, 0.25) is 0 Å². The molecule has 184 valence electrons. The molecule has 0 spiro atoms. The highest BCUT2D eigenvalue weighted by atomic mass is 35.5. The van der Waals surface area contributed by atoms with Gasteiger partial charge in [0.25, 0.3) is 5.91 Å². The monoisotopic (exact) mass is 509 g/mol. The van der Waals surface area contributed by atoms with Gasteiger partial charge in [0.15, 0.2) is 5.16 Å². The number of hydrogen-bond donors (Lipinski definition) is 0. The molecule has 2 heterocycles. The number of rotatable bonds is 9. The molecule has 2 aromatic carbocycles. The highest BCUT2D eigenvalue weighted by Gasteiger charge is 2.19. The van der Waals surface area contributed by atoms with E-state index in [1.807, 2.05) is 49.1 Å². The number of nitrogens with zero attached hydrogens (tertiary/aromatic N) is 5. The molecule has 6 nitrogen and oxygen atoms in total. The van der Waals surface area contributed by atoms with E-state index in [0.717, 1.165) is 49.7 Å². The molecular formula is C27H32ClN5OS. The van der Waals surface area contributed by atoms with Crippen LogP contribution in [-0.4, -0.2) is 64.9 Å². The van der Waals surface area contributed by atoms with Gasteiger partial charge in [-0.3, -0.25) is 9.69 Å². The number of halogens is 1. The standard InChI is InChI=1S/C27H32ClN5OS/c1-3-32(4-2)26(34)23-12-10-22(11-13-23)20-35-27-29-24(28)18-25(30-27)33-16-14-31(15-17-33)19-21-8-6-5-7-9-21/h5-13,18H,3-4,14-17,19-20H2,1-2H3. The van der Waals surface area contributed by atoms with E-state index in [1.165, 1.54) is 5.56 Å². The van der Waals surface area contributed by atoms with E-state index in [0.29, 0.717) is 29.2 Å². The summed E-state index contributed by atoms with van der Waals surface area (Å²) < 4.78 is 0. The number of amides is 1. The second kappa shape index (κ2) is 12.4. The molecule has 1 amide bonds. The average molecular weight is 510 g/mol. The van der Waals surface area contributed by atoms with E-state index in [4.69, 9.17) is 16.6 Å². The molecule has 1 aromatic heterocycles. The molecule has 35 heavy (non-hydrogen) atoms. The minimum Gasteiger partial charge on any atom is -0.354 e. The maximum Gasteiger partial charge on any atom is 0.253 e. The van der Waals surface area contributed by atoms with Gasteiger partial charge in [0.1, 0.15) is 11.0 Å². The predicted molar refractivity (Wildman–Crippen MR) is 144 cm³/mol. The normalized spacial score (nSPS) is 14.2. The smallest absolute Gasteiger partial charge is 0.253 e. The summed E-state index contributed by atoms with van der Waals surface area (Å²) in [6.07, 6.45) is 0. The Morgan fingerprint density at radius 2 is 1.63 bits per heavy atom. The van der Waals surface area contributed by atoms with Crippen molar-refractivity contribution in [2.45, 2.75) is 31.3 Å². The zero-order valence-corrected chi connectivity index (χ0v) is 21.9. The Hall–Kier alpha value is -2.61. The number of carbonyl (C=O) groups is 1. The molecule has 0 radical (unpaired) electrons. The van der Waals surface area contributed by atoms with E-state index >= 15 is 0 Å². The fraction of sp³-hybridized carbons (Fsp3) is 0.370. The fourth-order valence-corrected chi connectivity index (χ4v) is 5.21. The lowest BCUT2D eigenvalue weighted by atomic mass is 10.1. The van der Waals surface area contributed by atoms with Crippen molar-refractivity contribution in [3.05, 3.63) is 82.5 Å². The van der Waals surface area contributed by atoms with Crippen LogP contribution >= 0.6 is 23.4 Å². The third kappa shape index (κ3) is 6.97. The topological polar surface area (TPSA) is 52.6 Å². The van der Waals surface area contributed by atoms with Crippen molar-refractivity contribution in [3.8, 4) is 0 Å². The molecule has 0 saturated carbocycles. The second-order valence-electron chi connectivity index (χ2n) is 8.54. The first-order valence-corrected chi connectivity index (χ1v) is 13.5. The van der Waals surface area contributed by atoms with Crippen LogP contribution in [0.15, 0.2) is 65.8 Å². The Labute approximate surface area is 217 Å². The molecular weight excluding hydrogens is 478 g/mol. The molecule has 4 rings (SSSR count). The Bertz CT molecular complexity index is 1100. The SMILES string of the molecule is CCN(CC)C(=O)c1ccc(CSc2nc(Cl)cc(N3CCN(Cc4ccccc4)CC3)n2)cc1. The van der Waals surface area contributed by atoms with Gasteiger partial charge in [0.05, 0.1) is 0 Å². The van der Waals surface area contributed by atoms with Crippen LogP contribution in [0.5, 0.6) is 0 Å². The molecule has 1 aliphatic heterocycles. The third-order valence-electron chi connectivity index (χ3n) is 6.23. The summed E-state index contributed by atoms with van der Waals surface area (Å²) in [6.45, 7) is 10.2. The minimum absolute atomic E-state index is 0.0703. The van der Waals surface area contributed by atoms with Gasteiger partial charge in [-0.1, -0.05) is 65.8 Å². The van der Waals surface area contributed by atoms with Crippen molar-refractivity contribution in [1.82, 2.24) is 19.8 Å². The van der Waals surface area contributed by atoms with Gasteiger partial charge in [-0.15, -0.1) is 0 Å². The Balaban J connectivity index is 1.33. The zero-order chi connectivity index (χ0) is 24.6. The van der Waals surface area contributed by atoms with E-state index in [-0.39, 0.29) is 5.91 Å². The molecule has 8 heteroatoms. The Morgan fingerprint density at radius 3 is 2.29 bits per heavy atom. The summed E-state index contributed by atoms with van der Waals surface area (Å²) in [5, 5.41) is 1.13. The van der Waals surface area contributed by atoms with E-state index in [2.05, 4.69) is 45.1 Å². The predicted octanol–water partition coefficient (Wildman–Crippen LogP) is 5.23. The highest BCUT2D eigenvalue weighted by molar-refractivity contribution is 7.98. The van der Waals surface area contributed by atoms with Crippen molar-refractivity contribution in [2.75, 3.05) is 44.2 Å². The summed E-state index contributed by atoms with van der Waals surface area (Å²) >= 11 is 7.91. The molecule has 1 aliphatic rings. The highest BCUT2D eigenvalue weighted by Crippen LogP contribution is 2.25. The molecule has 0 unspecified atom stereocenters. The Morgan fingerprint density at radius 1 is 0.943 bits per heavy atom. The van der Waals surface area contributed by atoms with Gasteiger partial charge in [-0.05, 0) is 37.1 Å². The van der Waals surface area contributed by atoms with E-state index < -0.39 is 0 Å². The third-order valence-corrected chi connectivity index (χ3v) is 7.34. The first-order valence-electron chi connectivity index (χ1n) is 12.1. The van der Waals surface area contributed by atoms with Gasteiger partial charge in [-0.25, -0.2) is 9.97 Å². The number of aromatic nitrogens is 2. The molecule has 0 atom stereocenters. The van der Waals surface area contributed by atoms with Crippen LogP contribution in [0.4, 0.5) is 5.82 Å². The maximum absolute atomic E-state index is 12.5. The molecule has 0 aliphatic carbocycles. The number of hydrogen-bond acceptors (Lipinski definition) is 6. The van der Waals surface area contributed by atoms with Gasteiger partial charge < -0.3 is 9.80 Å². The summed E-state index contributed by atoms with van der Waals surface area (Å²) in [5.41, 5.74) is 3.18. The summed E-state index contributed by atoms with van der Waals surface area (Å²) in [4.78, 5) is 28.3. The van der Waals surface area contributed by atoms with Gasteiger partial charge in [0, 0.05) is 63.2 Å². The van der Waals surface area contributed by atoms with Crippen LogP contribution in [0.3, 0.4) is 0 Å². The zero-order valence-electron chi connectivity index (χ0n) is 20.4. The lowest BCUT2D eigenvalue weighted by Crippen LogP contribution is -2.46. The maximum atomic E-state index is 12.5. The van der Waals surface area contributed by atoms with Crippen molar-refractivity contribution in [3.63, 3.8) is 0 Å². The van der Waals surface area contributed by atoms with Crippen LogP contribution in [0.2, 0.25) is 5.15 Å². The molecule has 1 fully saturated rings. The van der Waals surface area contributed by atoms with Crippen molar-refractivity contribution in [1.29, 1.82) is 0 Å². The summed E-state index contributed by atoms with van der Waals surface area (Å²) in [6, 6.07) is 20.2. The van der Waals surface area contributed by atoms with E-state index in [1.54, 1.807) is 11.8 Å². The average Bonchev–Trinajstić information content (AvgIpc) is 2.89. The fourth-order valence-electron chi connectivity index (χ4n) is 4.17. The second-order valence-corrected chi connectivity index (χ2v) is 9.87. The number of benzene rings is 2. The Kier molecular flexibility index (Phi) is 9.01. The van der Waals surface area contributed by atoms with Crippen LogP contribution in [-0.2, 0) is 12.3 Å². The van der Waals surface area contributed by atoms with Crippen LogP contribution in [0.1, 0.15) is 35.3 Å². The molecule has 1 saturated heterocycles. The quantitative estimate of drug-likeness (QED) is 0.224. The van der Waals surface area contributed by atoms with E-state index in [9.17, 15) is 4.79 Å². The molecule has 0 N–H and O–H groups in total. The molecule has 0 bridgehead atoms. The lowest BCUT2D eigenvalue weighted by molar-refractivity contribution is 0.0773. The summed E-state index contributed by atoms with van der Waals surface area (Å²) in [7, 11) is 0. The lowest BCUT2D eigenvalue weighted by Gasteiger charge is -2.35. The number of anilines is 1. The van der Waals surface area contributed by atoms with Gasteiger partial charge in [-0.2, -0.15) is 0 Å². The van der Waals surface area contributed by atoms with Crippen molar-refractivity contribution in [2.24, 2.45) is 0 Å². The summed E-state index contributed by atoms with van der Waals surface area (Å²) in [5.74, 6) is 1.66. The van der Waals surface area contributed by atoms with Crippen molar-refractivity contribution >= 4 is 35.1 Å². The minimum atomic E-state index is 0.0703. The first-order chi connectivity index (χ1) is 17.1. The largest absolute Gasteiger partial charge is 0.354 e. The first kappa shape index (κ1) is 25.5. The van der Waals surface area contributed by atoms with Crippen LogP contribution in [0.25, 0.3) is 0 Å².